The van der Waals surface area contributed by atoms with Gasteiger partial charge in [0.2, 0.25) is 0 Å². The van der Waals surface area contributed by atoms with Crippen molar-refractivity contribution in [2.75, 3.05) is 31.9 Å². The zero-order valence-electron chi connectivity index (χ0n) is 21.3. The first-order chi connectivity index (χ1) is 15.1. The number of rotatable bonds is 17. The quantitative estimate of drug-likeness (QED) is 0.114. The average Bonchev–Trinajstić information content (AvgIpc) is 2.79. The van der Waals surface area contributed by atoms with Crippen molar-refractivity contribution in [3.63, 3.8) is 0 Å². The molecule has 0 unspecified atom stereocenters. The first kappa shape index (κ1) is 30.8. The molecule has 0 aliphatic heterocycles. The van der Waals surface area contributed by atoms with E-state index in [0.717, 1.165) is 0 Å². The molecule has 1 aromatic carbocycles. The molecule has 0 atom stereocenters. The van der Waals surface area contributed by atoms with Gasteiger partial charge in [0, 0.05) is 0 Å². The summed E-state index contributed by atoms with van der Waals surface area (Å²) in [5, 5.41) is 0. The van der Waals surface area contributed by atoms with Crippen molar-refractivity contribution in [2.45, 2.75) is 98.8 Å². The van der Waals surface area contributed by atoms with Gasteiger partial charge in [0.15, 0.2) is 0 Å². The van der Waals surface area contributed by atoms with Gasteiger partial charge in [-0.25, -0.2) is 0 Å². The molecule has 0 amide bonds. The van der Waals surface area contributed by atoms with Crippen LogP contribution in [0, 0.1) is 0 Å². The Hall–Kier alpha value is -0.211. The molecule has 0 bridgehead atoms. The molecule has 0 aliphatic carbocycles. The Labute approximate surface area is 208 Å². The minimum atomic E-state index is 1.21. The fourth-order valence-electron chi connectivity index (χ4n) is 3.69. The van der Waals surface area contributed by atoms with Crippen LogP contribution in [-0.2, 0) is 0 Å². The SMILES string of the molecule is CCCCS/C([Se-])=C/c1ccccc1.CCCC[N+](CCCC)(CCCC)CCCC. The summed E-state index contributed by atoms with van der Waals surface area (Å²) in [6, 6.07) is 10.4. The van der Waals surface area contributed by atoms with E-state index in [1.165, 1.54) is 110 Å². The standard InChI is InChI=1S/C16H36N.C12H16SSe/c1-5-9-13-17(14-10-6-2,15-11-7-3)16-12-8-4;1-2-3-9-13-12(14)10-11-7-5-4-6-8-11/h5-16H2,1-4H3;4-8,10,14H,2-3,9H2,1H3/q+1;/p-1/b;12-10-. The van der Waals surface area contributed by atoms with E-state index in [2.05, 4.69) is 81.0 Å². The van der Waals surface area contributed by atoms with Crippen LogP contribution in [-0.4, -0.2) is 52.4 Å². The van der Waals surface area contributed by atoms with E-state index in [-0.39, 0.29) is 0 Å². The molecule has 31 heavy (non-hydrogen) atoms. The molecule has 3 heteroatoms. The summed E-state index contributed by atoms with van der Waals surface area (Å²) in [6.45, 7) is 17.2. The van der Waals surface area contributed by atoms with E-state index >= 15 is 0 Å². The maximum Gasteiger partial charge on any atom is 0.0786 e. The number of thioether (sulfide) groups is 1. The Morgan fingerprint density at radius 2 is 1.13 bits per heavy atom. The van der Waals surface area contributed by atoms with Crippen molar-refractivity contribution in [1.29, 1.82) is 0 Å². The van der Waals surface area contributed by atoms with Crippen molar-refractivity contribution >= 4 is 33.9 Å². The molecule has 0 heterocycles. The Balaban J connectivity index is 0.000000590. The van der Waals surface area contributed by atoms with E-state index in [1.54, 1.807) is 0 Å². The number of unbranched alkanes of at least 4 members (excludes halogenated alkanes) is 5. The Morgan fingerprint density at radius 3 is 1.52 bits per heavy atom. The summed E-state index contributed by atoms with van der Waals surface area (Å²) in [5.41, 5.74) is 1.27. The van der Waals surface area contributed by atoms with Crippen molar-refractivity contribution in [3.8, 4) is 0 Å². The van der Waals surface area contributed by atoms with Crippen molar-refractivity contribution in [1.82, 2.24) is 0 Å². The van der Waals surface area contributed by atoms with Crippen LogP contribution in [0.15, 0.2) is 34.1 Å². The van der Waals surface area contributed by atoms with Gasteiger partial charge in [-0.05, 0) is 25.7 Å². The van der Waals surface area contributed by atoms with Crippen LogP contribution < -0.4 is 0 Å². The van der Waals surface area contributed by atoms with Crippen LogP contribution in [0.5, 0.6) is 0 Å². The predicted octanol–water partition coefficient (Wildman–Crippen LogP) is 8.69. The van der Waals surface area contributed by atoms with Gasteiger partial charge in [0.25, 0.3) is 0 Å². The Bertz CT molecular complexity index is 492. The number of hydrogen-bond donors (Lipinski definition) is 0. The fraction of sp³-hybridized carbons (Fsp3) is 0.714. The number of nitrogens with zero attached hydrogens (tertiary/aromatic N) is 1. The Morgan fingerprint density at radius 1 is 0.710 bits per heavy atom. The molecule has 1 rings (SSSR count). The number of benzene rings is 1. The van der Waals surface area contributed by atoms with Gasteiger partial charge in [-0.1, -0.05) is 53.4 Å². The van der Waals surface area contributed by atoms with E-state index in [9.17, 15) is 0 Å². The predicted molar refractivity (Wildman–Crippen MR) is 147 cm³/mol. The van der Waals surface area contributed by atoms with Crippen LogP contribution in [0.1, 0.15) is 104 Å². The van der Waals surface area contributed by atoms with Crippen LogP contribution >= 0.6 is 11.8 Å². The fourth-order valence-corrected chi connectivity index (χ4v) is 5.35. The first-order valence-electron chi connectivity index (χ1n) is 13.0. The van der Waals surface area contributed by atoms with Crippen LogP contribution in [0.4, 0.5) is 0 Å². The zero-order valence-corrected chi connectivity index (χ0v) is 23.9. The summed E-state index contributed by atoms with van der Waals surface area (Å²) >= 11 is 5.01. The second-order valence-corrected chi connectivity index (χ2v) is 11.4. The molecule has 0 N–H and O–H groups in total. The second kappa shape index (κ2) is 21.6. The van der Waals surface area contributed by atoms with Crippen LogP contribution in [0.3, 0.4) is 0 Å². The third-order valence-electron chi connectivity index (χ3n) is 5.77. The van der Waals surface area contributed by atoms with Gasteiger partial charge in [-0.15, -0.1) is 0 Å². The normalized spacial score (nSPS) is 11.8. The van der Waals surface area contributed by atoms with E-state index in [0.29, 0.717) is 0 Å². The maximum absolute atomic E-state index is 3.11. The van der Waals surface area contributed by atoms with Gasteiger partial charge in [-0.3, -0.25) is 0 Å². The van der Waals surface area contributed by atoms with Crippen molar-refractivity contribution in [3.05, 3.63) is 39.7 Å². The molecule has 0 aliphatic rings. The third kappa shape index (κ3) is 17.0. The average molecular weight is 513 g/mol. The number of quaternary nitrogens is 1. The summed E-state index contributed by atoms with van der Waals surface area (Å²) in [7, 11) is 0. The van der Waals surface area contributed by atoms with Crippen molar-refractivity contribution < 1.29 is 4.48 Å². The molecular formula is C28H51NSSe. The van der Waals surface area contributed by atoms with E-state index in [4.69, 9.17) is 0 Å². The van der Waals surface area contributed by atoms with Gasteiger partial charge < -0.3 is 4.48 Å². The largest absolute Gasteiger partial charge is 0.324 e. The summed E-state index contributed by atoms with van der Waals surface area (Å²) in [6.07, 6.45) is 15.8. The molecule has 1 aromatic rings. The minimum Gasteiger partial charge on any atom is -0.324 e. The summed E-state index contributed by atoms with van der Waals surface area (Å²) in [5.74, 6) is 1.21. The number of hydrogen-bond acceptors (Lipinski definition) is 1. The van der Waals surface area contributed by atoms with Gasteiger partial charge in [0.05, 0.1) is 26.2 Å². The van der Waals surface area contributed by atoms with E-state index in [1.807, 2.05) is 17.8 Å². The van der Waals surface area contributed by atoms with Gasteiger partial charge in [0.1, 0.15) is 0 Å². The third-order valence-corrected chi connectivity index (χ3v) is 7.65. The zero-order chi connectivity index (χ0) is 23.2. The molecule has 0 saturated heterocycles. The minimum absolute atomic E-state index is 1.21. The van der Waals surface area contributed by atoms with Gasteiger partial charge >= 0.3 is 99.1 Å². The summed E-state index contributed by atoms with van der Waals surface area (Å²) in [4.78, 5) is 0. The molecule has 180 valence electrons. The first-order valence-corrected chi connectivity index (χ1v) is 14.8. The van der Waals surface area contributed by atoms with Crippen molar-refractivity contribution in [2.24, 2.45) is 0 Å². The maximum atomic E-state index is 3.11. The van der Waals surface area contributed by atoms with Crippen LogP contribution in [0.25, 0.3) is 6.08 Å². The van der Waals surface area contributed by atoms with Crippen LogP contribution in [0.2, 0.25) is 0 Å². The second-order valence-electron chi connectivity index (χ2n) is 8.73. The molecule has 0 fully saturated rings. The molecular weight excluding hydrogens is 461 g/mol. The molecule has 0 radical (unpaired) electrons. The topological polar surface area (TPSA) is 0 Å². The monoisotopic (exact) mass is 513 g/mol. The molecule has 0 saturated carbocycles. The van der Waals surface area contributed by atoms with Gasteiger partial charge in [-0.2, -0.15) is 0 Å². The Kier molecular flexibility index (Phi) is 21.5. The molecule has 1 nitrogen and oxygen atoms in total. The smallest absolute Gasteiger partial charge is 0.0786 e. The van der Waals surface area contributed by atoms with E-state index < -0.39 is 0 Å². The molecule has 0 spiro atoms. The summed E-state index contributed by atoms with van der Waals surface area (Å²) < 4.78 is 2.70. The molecule has 0 aromatic heterocycles.